The molecule has 3 aromatic rings. The van der Waals surface area contributed by atoms with E-state index in [9.17, 15) is 26.4 Å². The third-order valence-corrected chi connectivity index (χ3v) is 7.26. The zero-order chi connectivity index (χ0) is 27.4. The van der Waals surface area contributed by atoms with E-state index in [2.05, 4.69) is 14.7 Å². The SMILES string of the molecule is Nc1ncnc2cc(CN3CC[C@@H](NS(=O)(=O)C=Cc4ccc(Cl)s4)C3=O)ccc12.O=C(O)C(F)(F)F. The molecule has 0 radical (unpaired) electrons. The Morgan fingerprint density at radius 3 is 2.62 bits per heavy atom. The number of nitrogens with zero attached hydrogens (tertiary/aromatic N) is 3. The molecular weight excluding hydrogens is 559 g/mol. The van der Waals surface area contributed by atoms with Crippen LogP contribution in [0.25, 0.3) is 17.0 Å². The van der Waals surface area contributed by atoms with Gasteiger partial charge in [0.15, 0.2) is 0 Å². The Labute approximate surface area is 217 Å². The maximum Gasteiger partial charge on any atom is 0.490 e. The molecule has 4 N–H and O–H groups in total. The van der Waals surface area contributed by atoms with E-state index in [1.807, 2.05) is 18.2 Å². The lowest BCUT2D eigenvalue weighted by Gasteiger charge is -2.17. The van der Waals surface area contributed by atoms with E-state index in [1.165, 1.54) is 23.7 Å². The van der Waals surface area contributed by atoms with E-state index >= 15 is 0 Å². The minimum absolute atomic E-state index is 0.256. The van der Waals surface area contributed by atoms with Crippen LogP contribution in [0, 0.1) is 0 Å². The van der Waals surface area contributed by atoms with Crippen LogP contribution in [0.15, 0.2) is 42.1 Å². The van der Waals surface area contributed by atoms with Crippen molar-refractivity contribution in [2.75, 3.05) is 12.3 Å². The van der Waals surface area contributed by atoms with Gasteiger partial charge in [0.1, 0.15) is 18.2 Å². The summed E-state index contributed by atoms with van der Waals surface area (Å²) in [6.45, 7) is 0.820. The molecule has 16 heteroatoms. The fraction of sp³-hybridized carbons (Fsp3) is 0.238. The molecular formula is C21H19ClF3N5O5S2. The Balaban J connectivity index is 0.000000479. The summed E-state index contributed by atoms with van der Waals surface area (Å²) in [7, 11) is -3.76. The van der Waals surface area contributed by atoms with Crippen molar-refractivity contribution < 1.29 is 36.3 Å². The molecule has 2 aromatic heterocycles. The van der Waals surface area contributed by atoms with Gasteiger partial charge in [-0.15, -0.1) is 11.3 Å². The zero-order valence-electron chi connectivity index (χ0n) is 18.6. The molecule has 198 valence electrons. The van der Waals surface area contributed by atoms with Gasteiger partial charge in [-0.3, -0.25) is 4.79 Å². The van der Waals surface area contributed by atoms with Gasteiger partial charge in [-0.1, -0.05) is 17.7 Å². The molecule has 0 saturated carbocycles. The van der Waals surface area contributed by atoms with Gasteiger partial charge >= 0.3 is 12.1 Å². The molecule has 4 rings (SSSR count). The molecule has 1 aliphatic heterocycles. The van der Waals surface area contributed by atoms with Crippen LogP contribution in [0.5, 0.6) is 0 Å². The topological polar surface area (TPSA) is 156 Å². The summed E-state index contributed by atoms with van der Waals surface area (Å²) in [5.41, 5.74) is 7.42. The predicted molar refractivity (Wildman–Crippen MR) is 132 cm³/mol. The quantitative estimate of drug-likeness (QED) is 0.403. The second-order valence-electron chi connectivity index (χ2n) is 7.62. The van der Waals surface area contributed by atoms with Crippen molar-refractivity contribution in [1.82, 2.24) is 19.6 Å². The van der Waals surface area contributed by atoms with Gasteiger partial charge in [-0.2, -0.15) is 17.9 Å². The summed E-state index contributed by atoms with van der Waals surface area (Å²) in [5, 5.41) is 8.93. The number of nitrogens with one attached hydrogen (secondary N) is 1. The highest BCUT2D eigenvalue weighted by Crippen LogP contribution is 2.23. The number of amides is 1. The zero-order valence-corrected chi connectivity index (χ0v) is 21.0. The van der Waals surface area contributed by atoms with Crippen molar-refractivity contribution in [3.8, 4) is 0 Å². The van der Waals surface area contributed by atoms with Crippen LogP contribution in [-0.4, -0.2) is 59.0 Å². The Hall–Kier alpha value is -3.27. The van der Waals surface area contributed by atoms with Gasteiger partial charge in [0.05, 0.1) is 9.85 Å². The summed E-state index contributed by atoms with van der Waals surface area (Å²) < 4.78 is 59.4. The number of carboxylic acid groups (broad SMARTS) is 1. The summed E-state index contributed by atoms with van der Waals surface area (Å²) in [4.78, 5) is 32.1. The lowest BCUT2D eigenvalue weighted by Crippen LogP contribution is -2.40. The van der Waals surface area contributed by atoms with Crippen molar-refractivity contribution >= 4 is 67.6 Å². The molecule has 1 amide bonds. The van der Waals surface area contributed by atoms with E-state index in [0.717, 1.165) is 16.4 Å². The summed E-state index contributed by atoms with van der Waals surface area (Å²) in [6, 6.07) is 8.17. The number of carboxylic acids is 1. The van der Waals surface area contributed by atoms with Gasteiger partial charge in [0.2, 0.25) is 15.9 Å². The van der Waals surface area contributed by atoms with Crippen LogP contribution in [0.3, 0.4) is 0 Å². The van der Waals surface area contributed by atoms with Crippen molar-refractivity contribution in [3.05, 3.63) is 56.8 Å². The largest absolute Gasteiger partial charge is 0.490 e. The number of rotatable bonds is 6. The highest BCUT2D eigenvalue weighted by atomic mass is 35.5. The van der Waals surface area contributed by atoms with Gasteiger partial charge in [0, 0.05) is 28.8 Å². The Morgan fingerprint density at radius 1 is 1.30 bits per heavy atom. The fourth-order valence-corrected chi connectivity index (χ4v) is 5.33. The number of aliphatic carboxylic acids is 1. The number of halogens is 4. The van der Waals surface area contributed by atoms with E-state index in [4.69, 9.17) is 27.2 Å². The number of nitrogen functional groups attached to an aromatic ring is 1. The number of alkyl halides is 3. The molecule has 1 aliphatic rings. The number of thiophene rings is 1. The summed E-state index contributed by atoms with van der Waals surface area (Å²) in [6.07, 6.45) is -1.83. The molecule has 1 atom stereocenters. The third kappa shape index (κ3) is 7.85. The number of likely N-dealkylation sites (tertiary alicyclic amines) is 1. The smallest absolute Gasteiger partial charge is 0.475 e. The maximum absolute atomic E-state index is 12.7. The van der Waals surface area contributed by atoms with Crippen molar-refractivity contribution in [1.29, 1.82) is 0 Å². The number of benzene rings is 1. The normalized spacial score (nSPS) is 16.3. The molecule has 37 heavy (non-hydrogen) atoms. The maximum atomic E-state index is 12.7. The molecule has 0 unspecified atom stereocenters. The van der Waals surface area contributed by atoms with Crippen LogP contribution in [0.1, 0.15) is 16.9 Å². The number of nitrogens with two attached hydrogens (primary N) is 1. The first-order valence-electron chi connectivity index (χ1n) is 10.3. The Kier molecular flexibility index (Phi) is 8.73. The number of fused-ring (bicyclic) bond motifs is 1. The summed E-state index contributed by atoms with van der Waals surface area (Å²) >= 11 is 7.11. The van der Waals surface area contributed by atoms with Crippen LogP contribution >= 0.6 is 22.9 Å². The molecule has 0 bridgehead atoms. The second kappa shape index (κ2) is 11.4. The average molecular weight is 578 g/mol. The minimum atomic E-state index is -5.08. The predicted octanol–water partition coefficient (Wildman–Crippen LogP) is 3.25. The van der Waals surface area contributed by atoms with Crippen LogP contribution in [0.2, 0.25) is 4.34 Å². The molecule has 3 heterocycles. The lowest BCUT2D eigenvalue weighted by atomic mass is 10.1. The van der Waals surface area contributed by atoms with Gasteiger partial charge < -0.3 is 15.7 Å². The minimum Gasteiger partial charge on any atom is -0.475 e. The fourth-order valence-electron chi connectivity index (χ4n) is 3.26. The third-order valence-electron chi connectivity index (χ3n) is 4.96. The van der Waals surface area contributed by atoms with Crippen LogP contribution in [-0.2, 0) is 26.2 Å². The van der Waals surface area contributed by atoms with Crippen molar-refractivity contribution in [2.24, 2.45) is 0 Å². The van der Waals surface area contributed by atoms with E-state index in [1.54, 1.807) is 17.0 Å². The summed E-state index contributed by atoms with van der Waals surface area (Å²) in [5.74, 6) is -2.61. The number of hydrogen-bond donors (Lipinski definition) is 3. The Bertz CT molecular complexity index is 1450. The lowest BCUT2D eigenvalue weighted by molar-refractivity contribution is -0.192. The second-order valence-corrected chi connectivity index (χ2v) is 11.0. The monoisotopic (exact) mass is 577 g/mol. The molecule has 1 saturated heterocycles. The van der Waals surface area contributed by atoms with Crippen LogP contribution in [0.4, 0.5) is 19.0 Å². The molecule has 0 aliphatic carbocycles. The molecule has 0 spiro atoms. The number of aromatic nitrogens is 2. The number of carbonyl (C=O) groups is 2. The van der Waals surface area contributed by atoms with Crippen molar-refractivity contribution in [3.63, 3.8) is 0 Å². The number of sulfonamides is 1. The Morgan fingerprint density at radius 2 is 2.00 bits per heavy atom. The highest BCUT2D eigenvalue weighted by molar-refractivity contribution is 7.92. The molecule has 1 fully saturated rings. The molecule has 10 nitrogen and oxygen atoms in total. The van der Waals surface area contributed by atoms with Gasteiger partial charge in [0.25, 0.3) is 0 Å². The first-order chi connectivity index (χ1) is 17.2. The molecule has 1 aromatic carbocycles. The number of anilines is 1. The number of hydrogen-bond acceptors (Lipinski definition) is 8. The van der Waals surface area contributed by atoms with Crippen molar-refractivity contribution in [2.45, 2.75) is 25.2 Å². The standard InChI is InChI=1S/C19H18ClN5O3S2.C2HF3O2/c20-17-4-2-13(29-17)6-8-30(27,28)24-15-5-7-25(19(15)26)10-12-1-3-14-16(9-12)22-11-23-18(14)21;3-2(4,5)1(6)7/h1-4,6,8-9,11,15,24H,5,7,10H2,(H2,21,22,23);(H,6,7)/t15-;/m1./s1. The van der Waals surface area contributed by atoms with Gasteiger partial charge in [-0.25, -0.2) is 23.2 Å². The first kappa shape index (κ1) is 28.3. The van der Waals surface area contributed by atoms with E-state index in [0.29, 0.717) is 40.1 Å². The first-order valence-corrected chi connectivity index (χ1v) is 13.0. The highest BCUT2D eigenvalue weighted by Gasteiger charge is 2.38. The van der Waals surface area contributed by atoms with Gasteiger partial charge in [-0.05, 0) is 42.3 Å². The van der Waals surface area contributed by atoms with E-state index < -0.39 is 28.2 Å². The van der Waals surface area contributed by atoms with E-state index in [-0.39, 0.29) is 5.91 Å². The van der Waals surface area contributed by atoms with Crippen LogP contribution < -0.4 is 10.5 Å². The average Bonchev–Trinajstić information content (AvgIpc) is 3.38. The number of carbonyl (C=O) groups excluding carboxylic acids is 1.